The number of hydrogen-bond acceptors (Lipinski definition) is 0. The molecule has 0 aliphatic heterocycles. The Morgan fingerprint density at radius 2 is 1.63 bits per heavy atom. The lowest BCUT2D eigenvalue weighted by atomic mass is 9.77. The number of fused-ring (bicyclic) bond motifs is 1. The van der Waals surface area contributed by atoms with Crippen LogP contribution >= 0.6 is 0 Å². The number of hydrogen-bond donors (Lipinski definition) is 0. The van der Waals surface area contributed by atoms with Gasteiger partial charge in [0.05, 0.1) is 0 Å². The van der Waals surface area contributed by atoms with Crippen molar-refractivity contribution in [2.24, 2.45) is 5.41 Å². The van der Waals surface area contributed by atoms with Crippen LogP contribution in [0.25, 0.3) is 11.1 Å². The van der Waals surface area contributed by atoms with E-state index in [4.69, 9.17) is 0 Å². The van der Waals surface area contributed by atoms with Gasteiger partial charge in [-0.05, 0) is 46.4 Å². The van der Waals surface area contributed by atoms with Gasteiger partial charge in [-0.3, -0.25) is 0 Å². The first-order valence-electron chi connectivity index (χ1n) is 7.24. The van der Waals surface area contributed by atoms with E-state index < -0.39 is 0 Å². The van der Waals surface area contributed by atoms with Crippen LogP contribution in [-0.2, 0) is 6.42 Å². The second-order valence-corrected chi connectivity index (χ2v) is 6.74. The van der Waals surface area contributed by atoms with E-state index in [0.29, 0.717) is 11.3 Å². The third-order valence-electron chi connectivity index (χ3n) is 4.37. The van der Waals surface area contributed by atoms with Gasteiger partial charge >= 0.3 is 0 Å². The van der Waals surface area contributed by atoms with Gasteiger partial charge in [-0.1, -0.05) is 69.3 Å². The fourth-order valence-electron chi connectivity index (χ4n) is 3.33. The van der Waals surface area contributed by atoms with Crippen LogP contribution in [0, 0.1) is 5.41 Å². The largest absolute Gasteiger partial charge is 0.0622 e. The summed E-state index contributed by atoms with van der Waals surface area (Å²) >= 11 is 0. The molecule has 19 heavy (non-hydrogen) atoms. The standard InChI is InChI=1S/C19H22/c1-19(2,3)18-12-10-16-13-15(9-11-17(16)18)14-7-5-4-6-8-14/h4-9,11,13,18H,10,12H2,1-3H3. The smallest absolute Gasteiger partial charge is 0.0107 e. The second-order valence-electron chi connectivity index (χ2n) is 6.74. The fraction of sp³-hybridized carbons (Fsp3) is 0.368. The first-order chi connectivity index (χ1) is 9.05. The lowest BCUT2D eigenvalue weighted by molar-refractivity contribution is 0.319. The average Bonchev–Trinajstić information content (AvgIpc) is 2.82. The Morgan fingerprint density at radius 3 is 2.32 bits per heavy atom. The molecule has 0 N–H and O–H groups in total. The molecule has 98 valence electrons. The molecule has 0 nitrogen and oxygen atoms in total. The summed E-state index contributed by atoms with van der Waals surface area (Å²) < 4.78 is 0. The van der Waals surface area contributed by atoms with E-state index in [2.05, 4.69) is 69.3 Å². The molecule has 1 aliphatic rings. The Labute approximate surface area is 116 Å². The molecule has 1 atom stereocenters. The van der Waals surface area contributed by atoms with E-state index in [9.17, 15) is 0 Å². The quantitative estimate of drug-likeness (QED) is 0.633. The SMILES string of the molecule is CC(C)(C)C1CCc2cc(-c3ccccc3)ccc21. The van der Waals surface area contributed by atoms with Crippen molar-refractivity contribution in [2.45, 2.75) is 39.5 Å². The third-order valence-corrected chi connectivity index (χ3v) is 4.37. The van der Waals surface area contributed by atoms with Gasteiger partial charge in [0.15, 0.2) is 0 Å². The monoisotopic (exact) mass is 250 g/mol. The highest BCUT2D eigenvalue weighted by molar-refractivity contribution is 5.65. The Bertz CT molecular complexity index is 573. The van der Waals surface area contributed by atoms with Gasteiger partial charge in [0.1, 0.15) is 0 Å². The summed E-state index contributed by atoms with van der Waals surface area (Å²) in [5.41, 5.74) is 6.19. The van der Waals surface area contributed by atoms with E-state index in [0.717, 1.165) is 0 Å². The molecule has 0 saturated carbocycles. The topological polar surface area (TPSA) is 0 Å². The summed E-state index contributed by atoms with van der Waals surface area (Å²) in [5, 5.41) is 0. The summed E-state index contributed by atoms with van der Waals surface area (Å²) in [7, 11) is 0. The van der Waals surface area contributed by atoms with Crippen LogP contribution in [0.5, 0.6) is 0 Å². The predicted molar refractivity (Wildman–Crippen MR) is 82.4 cm³/mol. The molecule has 0 bridgehead atoms. The van der Waals surface area contributed by atoms with Crippen LogP contribution in [0.15, 0.2) is 48.5 Å². The molecule has 0 amide bonds. The van der Waals surface area contributed by atoms with E-state index in [-0.39, 0.29) is 0 Å². The fourth-order valence-corrected chi connectivity index (χ4v) is 3.33. The lowest BCUT2D eigenvalue weighted by Crippen LogP contribution is -2.15. The molecule has 3 rings (SSSR count). The predicted octanol–water partition coefficient (Wildman–Crippen LogP) is 5.43. The molecule has 0 saturated heterocycles. The Morgan fingerprint density at radius 1 is 0.895 bits per heavy atom. The maximum Gasteiger partial charge on any atom is -0.0107 e. The maximum absolute atomic E-state index is 2.40. The van der Waals surface area contributed by atoms with E-state index in [1.54, 1.807) is 11.1 Å². The van der Waals surface area contributed by atoms with Crippen LogP contribution in [0.2, 0.25) is 0 Å². The van der Waals surface area contributed by atoms with Crippen LogP contribution in [-0.4, -0.2) is 0 Å². The average molecular weight is 250 g/mol. The molecular formula is C19H22. The van der Waals surface area contributed by atoms with E-state index >= 15 is 0 Å². The van der Waals surface area contributed by atoms with Crippen molar-refractivity contribution in [3.63, 3.8) is 0 Å². The van der Waals surface area contributed by atoms with Gasteiger partial charge in [-0.15, -0.1) is 0 Å². The summed E-state index contributed by atoms with van der Waals surface area (Å²) in [6.07, 6.45) is 2.54. The zero-order chi connectivity index (χ0) is 13.5. The van der Waals surface area contributed by atoms with Crippen LogP contribution in [0.3, 0.4) is 0 Å². The zero-order valence-corrected chi connectivity index (χ0v) is 12.1. The van der Waals surface area contributed by atoms with E-state index in [1.165, 1.54) is 24.0 Å². The minimum Gasteiger partial charge on any atom is -0.0622 e. The Kier molecular flexibility index (Phi) is 2.97. The van der Waals surface area contributed by atoms with Crippen molar-refractivity contribution in [3.05, 3.63) is 59.7 Å². The molecule has 0 heteroatoms. The normalized spacial score (nSPS) is 18.4. The Hall–Kier alpha value is -1.56. The van der Waals surface area contributed by atoms with Crippen molar-refractivity contribution < 1.29 is 0 Å². The minimum absolute atomic E-state index is 0.375. The van der Waals surface area contributed by atoms with Crippen molar-refractivity contribution >= 4 is 0 Å². The highest BCUT2D eigenvalue weighted by atomic mass is 14.4. The molecule has 2 aromatic rings. The van der Waals surface area contributed by atoms with Gasteiger partial charge < -0.3 is 0 Å². The number of benzene rings is 2. The summed E-state index contributed by atoms with van der Waals surface area (Å²) in [6, 6.07) is 17.7. The molecule has 1 aliphatic carbocycles. The third kappa shape index (κ3) is 2.32. The zero-order valence-electron chi connectivity index (χ0n) is 12.1. The molecule has 0 spiro atoms. The molecule has 2 aromatic carbocycles. The summed E-state index contributed by atoms with van der Waals surface area (Å²) in [6.45, 7) is 7.08. The highest BCUT2D eigenvalue weighted by Gasteiger charge is 2.32. The molecule has 0 heterocycles. The summed E-state index contributed by atoms with van der Waals surface area (Å²) in [5.74, 6) is 0.715. The molecule has 1 unspecified atom stereocenters. The van der Waals surface area contributed by atoms with Crippen molar-refractivity contribution in [2.75, 3.05) is 0 Å². The maximum atomic E-state index is 2.40. The first-order valence-corrected chi connectivity index (χ1v) is 7.24. The molecule has 0 aromatic heterocycles. The van der Waals surface area contributed by atoms with Gasteiger partial charge in [0.2, 0.25) is 0 Å². The van der Waals surface area contributed by atoms with Gasteiger partial charge in [0.25, 0.3) is 0 Å². The van der Waals surface area contributed by atoms with Crippen LogP contribution in [0.1, 0.15) is 44.2 Å². The van der Waals surface area contributed by atoms with Crippen molar-refractivity contribution in [1.29, 1.82) is 0 Å². The Balaban J connectivity index is 1.99. The highest BCUT2D eigenvalue weighted by Crippen LogP contribution is 2.45. The van der Waals surface area contributed by atoms with Crippen LogP contribution < -0.4 is 0 Å². The number of rotatable bonds is 1. The minimum atomic E-state index is 0.375. The van der Waals surface area contributed by atoms with Gasteiger partial charge in [-0.25, -0.2) is 0 Å². The molecule has 0 fully saturated rings. The number of aryl methyl sites for hydroxylation is 1. The van der Waals surface area contributed by atoms with Crippen LogP contribution in [0.4, 0.5) is 0 Å². The lowest BCUT2D eigenvalue weighted by Gasteiger charge is -2.27. The van der Waals surface area contributed by atoms with Gasteiger partial charge in [0, 0.05) is 0 Å². The van der Waals surface area contributed by atoms with Crippen molar-refractivity contribution in [1.82, 2.24) is 0 Å². The van der Waals surface area contributed by atoms with E-state index in [1.807, 2.05) is 0 Å². The van der Waals surface area contributed by atoms with Crippen molar-refractivity contribution in [3.8, 4) is 11.1 Å². The molecular weight excluding hydrogens is 228 g/mol. The summed E-state index contributed by atoms with van der Waals surface area (Å²) in [4.78, 5) is 0. The first kappa shape index (κ1) is 12.5. The van der Waals surface area contributed by atoms with Gasteiger partial charge in [-0.2, -0.15) is 0 Å². The second kappa shape index (κ2) is 4.52. The molecule has 0 radical (unpaired) electrons.